The van der Waals surface area contributed by atoms with Crippen molar-refractivity contribution in [1.82, 2.24) is 14.7 Å². The van der Waals surface area contributed by atoms with Crippen molar-refractivity contribution in [3.63, 3.8) is 0 Å². The first-order valence-electron chi connectivity index (χ1n) is 10.4. The summed E-state index contributed by atoms with van der Waals surface area (Å²) in [6.45, 7) is 7.05. The van der Waals surface area contributed by atoms with Gasteiger partial charge in [-0.25, -0.2) is 0 Å². The Labute approximate surface area is 152 Å². The fourth-order valence-corrected chi connectivity index (χ4v) is 5.36. The average molecular weight is 350 g/mol. The van der Waals surface area contributed by atoms with E-state index in [-0.39, 0.29) is 5.91 Å². The van der Waals surface area contributed by atoms with Crippen molar-refractivity contribution in [2.75, 3.05) is 26.2 Å². The number of amides is 2. The highest BCUT2D eigenvalue weighted by atomic mass is 16.2. The first-order valence-corrected chi connectivity index (χ1v) is 10.4. The Kier molecular flexibility index (Phi) is 6.37. The number of likely N-dealkylation sites (tertiary alicyclic amines) is 2. The molecule has 2 saturated heterocycles. The van der Waals surface area contributed by atoms with Gasteiger partial charge in [-0.3, -0.25) is 14.5 Å². The molecule has 5 nitrogen and oxygen atoms in total. The molecule has 25 heavy (non-hydrogen) atoms. The molecule has 2 aliphatic heterocycles. The minimum atomic E-state index is 0.193. The predicted octanol–water partition coefficient (Wildman–Crippen LogP) is 2.64. The lowest BCUT2D eigenvalue weighted by Gasteiger charge is -2.37. The van der Waals surface area contributed by atoms with Crippen LogP contribution < -0.4 is 0 Å². The molecule has 2 amide bonds. The molecule has 1 saturated carbocycles. The lowest BCUT2D eigenvalue weighted by molar-refractivity contribution is -0.136. The molecule has 0 unspecified atom stereocenters. The van der Waals surface area contributed by atoms with Crippen molar-refractivity contribution in [1.29, 1.82) is 0 Å². The molecule has 2 atom stereocenters. The predicted molar refractivity (Wildman–Crippen MR) is 99.3 cm³/mol. The standard InChI is InChI=1S/C20H35N3O2/c1-3-22(17-9-5-4-6-10-17)20(25)15-21-13-7-11-18(21)19-12-8-14-23(19)16(2)24/h17-19H,3-15H2,1-2H3/t18-,19+/m0/s1. The highest BCUT2D eigenvalue weighted by Crippen LogP contribution is 2.30. The molecule has 2 heterocycles. The number of hydrogen-bond acceptors (Lipinski definition) is 3. The minimum absolute atomic E-state index is 0.193. The Bertz CT molecular complexity index is 476. The van der Waals surface area contributed by atoms with Crippen LogP contribution >= 0.6 is 0 Å². The van der Waals surface area contributed by atoms with E-state index in [1.165, 1.54) is 32.1 Å². The molecule has 0 bridgehead atoms. The lowest BCUT2D eigenvalue weighted by atomic mass is 9.94. The van der Waals surface area contributed by atoms with E-state index in [1.807, 2.05) is 4.90 Å². The summed E-state index contributed by atoms with van der Waals surface area (Å²) in [6.07, 6.45) is 10.6. The Morgan fingerprint density at radius 1 is 0.920 bits per heavy atom. The topological polar surface area (TPSA) is 43.9 Å². The monoisotopic (exact) mass is 349 g/mol. The van der Waals surface area contributed by atoms with Crippen molar-refractivity contribution in [2.45, 2.75) is 89.8 Å². The molecule has 0 aromatic heterocycles. The Morgan fingerprint density at radius 3 is 2.28 bits per heavy atom. The Balaban J connectivity index is 1.62. The summed E-state index contributed by atoms with van der Waals surface area (Å²) in [5, 5.41) is 0. The smallest absolute Gasteiger partial charge is 0.236 e. The van der Waals surface area contributed by atoms with Gasteiger partial charge in [0.25, 0.3) is 0 Å². The molecule has 0 aromatic rings. The maximum Gasteiger partial charge on any atom is 0.236 e. The third kappa shape index (κ3) is 4.18. The van der Waals surface area contributed by atoms with E-state index in [0.29, 0.717) is 30.6 Å². The van der Waals surface area contributed by atoms with Crippen molar-refractivity contribution in [2.24, 2.45) is 0 Å². The maximum absolute atomic E-state index is 13.0. The lowest BCUT2D eigenvalue weighted by Crippen LogP contribution is -2.52. The van der Waals surface area contributed by atoms with Crippen LogP contribution in [0.3, 0.4) is 0 Å². The molecule has 3 rings (SSSR count). The second kappa shape index (κ2) is 8.52. The van der Waals surface area contributed by atoms with Crippen LogP contribution in [-0.2, 0) is 9.59 Å². The molecule has 142 valence electrons. The first kappa shape index (κ1) is 18.7. The van der Waals surface area contributed by atoms with E-state index in [0.717, 1.165) is 45.3 Å². The third-order valence-corrected chi connectivity index (χ3v) is 6.58. The molecule has 3 aliphatic rings. The van der Waals surface area contributed by atoms with Gasteiger partial charge >= 0.3 is 0 Å². The zero-order valence-electron chi connectivity index (χ0n) is 16.1. The van der Waals surface area contributed by atoms with E-state index >= 15 is 0 Å². The van der Waals surface area contributed by atoms with Crippen LogP contribution in [0.2, 0.25) is 0 Å². The van der Waals surface area contributed by atoms with Gasteiger partial charge in [0.15, 0.2) is 0 Å². The minimum Gasteiger partial charge on any atom is -0.339 e. The van der Waals surface area contributed by atoms with Crippen LogP contribution in [-0.4, -0.2) is 70.8 Å². The van der Waals surface area contributed by atoms with Gasteiger partial charge in [0.2, 0.25) is 11.8 Å². The van der Waals surface area contributed by atoms with Crippen LogP contribution in [0.5, 0.6) is 0 Å². The average Bonchev–Trinajstić information content (AvgIpc) is 3.25. The molecule has 0 N–H and O–H groups in total. The summed E-state index contributed by atoms with van der Waals surface area (Å²) in [5.74, 6) is 0.492. The number of carbonyl (C=O) groups excluding carboxylic acids is 2. The Hall–Kier alpha value is -1.10. The quantitative estimate of drug-likeness (QED) is 0.766. The highest BCUT2D eigenvalue weighted by Gasteiger charge is 2.39. The third-order valence-electron chi connectivity index (χ3n) is 6.58. The maximum atomic E-state index is 13.0. The molecule has 0 spiro atoms. The molecule has 3 fully saturated rings. The van der Waals surface area contributed by atoms with Crippen molar-refractivity contribution in [3.05, 3.63) is 0 Å². The summed E-state index contributed by atoms with van der Waals surface area (Å²) in [4.78, 5) is 31.5. The SMILES string of the molecule is CCN(C(=O)CN1CCC[C@H]1[C@H]1CCCN1C(C)=O)C1CCCCC1. The van der Waals surface area contributed by atoms with Crippen molar-refractivity contribution < 1.29 is 9.59 Å². The van der Waals surface area contributed by atoms with E-state index in [1.54, 1.807) is 6.92 Å². The molecule has 1 aliphatic carbocycles. The normalized spacial score (nSPS) is 28.5. The fourth-order valence-electron chi connectivity index (χ4n) is 5.36. The summed E-state index contributed by atoms with van der Waals surface area (Å²) in [7, 11) is 0. The van der Waals surface area contributed by atoms with Crippen LogP contribution in [0.15, 0.2) is 0 Å². The molecule has 0 aromatic carbocycles. The Morgan fingerprint density at radius 2 is 1.60 bits per heavy atom. The largest absolute Gasteiger partial charge is 0.339 e. The second-order valence-corrected chi connectivity index (χ2v) is 8.07. The summed E-state index contributed by atoms with van der Waals surface area (Å²) >= 11 is 0. The molecular formula is C20H35N3O2. The van der Waals surface area contributed by atoms with Gasteiger partial charge in [-0.05, 0) is 52.0 Å². The number of nitrogens with zero attached hydrogens (tertiary/aromatic N) is 3. The summed E-state index contributed by atoms with van der Waals surface area (Å²) in [6, 6.07) is 1.14. The first-order chi connectivity index (χ1) is 12.1. The van der Waals surface area contributed by atoms with Gasteiger partial charge in [0, 0.05) is 38.1 Å². The fraction of sp³-hybridized carbons (Fsp3) is 0.900. The van der Waals surface area contributed by atoms with Crippen LogP contribution in [0.25, 0.3) is 0 Å². The second-order valence-electron chi connectivity index (χ2n) is 8.07. The van der Waals surface area contributed by atoms with Crippen LogP contribution in [0, 0.1) is 0 Å². The summed E-state index contributed by atoms with van der Waals surface area (Å²) in [5.41, 5.74) is 0. The van der Waals surface area contributed by atoms with Gasteiger partial charge in [0.1, 0.15) is 0 Å². The zero-order chi connectivity index (χ0) is 17.8. The van der Waals surface area contributed by atoms with Gasteiger partial charge < -0.3 is 9.80 Å². The van der Waals surface area contributed by atoms with E-state index in [4.69, 9.17) is 0 Å². The number of carbonyl (C=O) groups is 2. The van der Waals surface area contributed by atoms with Crippen molar-refractivity contribution in [3.8, 4) is 0 Å². The number of hydrogen-bond donors (Lipinski definition) is 0. The van der Waals surface area contributed by atoms with Gasteiger partial charge in [-0.2, -0.15) is 0 Å². The van der Waals surface area contributed by atoms with E-state index in [2.05, 4.69) is 16.7 Å². The number of rotatable bonds is 5. The molecular weight excluding hydrogens is 314 g/mol. The zero-order valence-corrected chi connectivity index (χ0v) is 16.1. The van der Waals surface area contributed by atoms with Gasteiger partial charge in [0.05, 0.1) is 6.54 Å². The number of likely N-dealkylation sites (N-methyl/N-ethyl adjacent to an activating group) is 1. The van der Waals surface area contributed by atoms with E-state index in [9.17, 15) is 9.59 Å². The van der Waals surface area contributed by atoms with Gasteiger partial charge in [-0.15, -0.1) is 0 Å². The highest BCUT2D eigenvalue weighted by molar-refractivity contribution is 5.78. The molecule has 0 radical (unpaired) electrons. The molecule has 5 heteroatoms. The van der Waals surface area contributed by atoms with Crippen LogP contribution in [0.4, 0.5) is 0 Å². The van der Waals surface area contributed by atoms with Gasteiger partial charge in [-0.1, -0.05) is 19.3 Å². The van der Waals surface area contributed by atoms with Crippen LogP contribution in [0.1, 0.15) is 71.6 Å². The van der Waals surface area contributed by atoms with E-state index < -0.39 is 0 Å². The summed E-state index contributed by atoms with van der Waals surface area (Å²) < 4.78 is 0. The van der Waals surface area contributed by atoms with Crippen molar-refractivity contribution >= 4 is 11.8 Å².